The van der Waals surface area contributed by atoms with E-state index in [0.29, 0.717) is 30.7 Å². The zero-order valence-electron chi connectivity index (χ0n) is 19.9. The number of pyridine rings is 1. The summed E-state index contributed by atoms with van der Waals surface area (Å²) >= 11 is 0. The normalized spacial score (nSPS) is 16.2. The summed E-state index contributed by atoms with van der Waals surface area (Å²) in [6, 6.07) is 10.5. The van der Waals surface area contributed by atoms with E-state index >= 15 is 0 Å². The van der Waals surface area contributed by atoms with Crippen LogP contribution in [0.5, 0.6) is 5.75 Å². The number of aromatic nitrogens is 4. The Kier molecular flexibility index (Phi) is 6.53. The topological polar surface area (TPSA) is 73.1 Å². The van der Waals surface area contributed by atoms with Gasteiger partial charge in [0.05, 0.1) is 18.5 Å². The highest BCUT2D eigenvalue weighted by Gasteiger charge is 2.36. The van der Waals surface area contributed by atoms with Gasteiger partial charge in [-0.2, -0.15) is 13.2 Å². The molecule has 5 rings (SSSR count). The second-order valence-electron chi connectivity index (χ2n) is 8.98. The quantitative estimate of drug-likeness (QED) is 0.347. The Bertz CT molecular complexity index is 1440. The van der Waals surface area contributed by atoms with E-state index in [4.69, 9.17) is 4.74 Å². The Morgan fingerprint density at radius 1 is 1.16 bits per heavy atom. The number of rotatable bonds is 5. The van der Waals surface area contributed by atoms with Gasteiger partial charge in [-0.25, -0.2) is 19.3 Å². The van der Waals surface area contributed by atoms with E-state index in [-0.39, 0.29) is 35.7 Å². The molecular formula is C26H23F4N5O2. The Balaban J connectivity index is 1.30. The molecule has 0 saturated carbocycles. The van der Waals surface area contributed by atoms with Crippen LogP contribution >= 0.6 is 0 Å². The van der Waals surface area contributed by atoms with Crippen molar-refractivity contribution in [2.24, 2.45) is 13.0 Å². The van der Waals surface area contributed by atoms with Crippen LogP contribution in [-0.2, 0) is 13.2 Å². The molecule has 0 aliphatic carbocycles. The number of likely N-dealkylation sites (tertiary alicyclic amines) is 1. The molecule has 4 aromatic rings. The van der Waals surface area contributed by atoms with Crippen molar-refractivity contribution in [1.29, 1.82) is 0 Å². The van der Waals surface area contributed by atoms with Gasteiger partial charge in [0, 0.05) is 32.3 Å². The van der Waals surface area contributed by atoms with Crippen molar-refractivity contribution in [2.45, 2.75) is 19.0 Å². The van der Waals surface area contributed by atoms with E-state index in [9.17, 15) is 22.4 Å². The van der Waals surface area contributed by atoms with Gasteiger partial charge < -0.3 is 14.2 Å². The fourth-order valence-corrected chi connectivity index (χ4v) is 4.57. The van der Waals surface area contributed by atoms with E-state index in [1.165, 1.54) is 30.5 Å². The molecule has 37 heavy (non-hydrogen) atoms. The number of halogens is 4. The third-order valence-corrected chi connectivity index (χ3v) is 6.41. The summed E-state index contributed by atoms with van der Waals surface area (Å²) in [4.78, 5) is 27.2. The van der Waals surface area contributed by atoms with E-state index in [0.717, 1.165) is 23.9 Å². The van der Waals surface area contributed by atoms with Crippen LogP contribution in [0.1, 0.15) is 29.0 Å². The van der Waals surface area contributed by atoms with Crippen LogP contribution < -0.4 is 4.74 Å². The highest BCUT2D eigenvalue weighted by Crippen LogP contribution is 2.34. The van der Waals surface area contributed by atoms with E-state index in [2.05, 4.69) is 15.0 Å². The number of hydrogen-bond donors (Lipinski definition) is 0. The number of piperidine rings is 1. The number of benzene rings is 1. The van der Waals surface area contributed by atoms with Crippen molar-refractivity contribution < 1.29 is 27.1 Å². The Morgan fingerprint density at radius 3 is 2.70 bits per heavy atom. The fraction of sp³-hybridized carbons (Fsp3) is 0.308. The third-order valence-electron chi connectivity index (χ3n) is 6.41. The van der Waals surface area contributed by atoms with Gasteiger partial charge in [-0.3, -0.25) is 4.79 Å². The van der Waals surface area contributed by atoms with Crippen LogP contribution in [0, 0.1) is 11.7 Å². The number of aryl methyl sites for hydroxylation is 1. The molecule has 11 heteroatoms. The van der Waals surface area contributed by atoms with Gasteiger partial charge in [0.25, 0.3) is 5.91 Å². The first-order valence-electron chi connectivity index (χ1n) is 11.7. The number of carbonyl (C=O) groups is 1. The SMILES string of the molecule is Cn1c(-c2ccc(F)cc2)cc2nc(C(=O)N3CCCC(COc4cccnc4C(F)(F)F)C3)cnc21. The number of nitrogens with zero attached hydrogens (tertiary/aromatic N) is 5. The summed E-state index contributed by atoms with van der Waals surface area (Å²) < 4.78 is 60.2. The van der Waals surface area contributed by atoms with Crippen molar-refractivity contribution in [2.75, 3.05) is 19.7 Å². The molecule has 0 bridgehead atoms. The zero-order valence-corrected chi connectivity index (χ0v) is 19.9. The van der Waals surface area contributed by atoms with Gasteiger partial charge >= 0.3 is 6.18 Å². The zero-order chi connectivity index (χ0) is 26.2. The number of carbonyl (C=O) groups excluding carboxylic acids is 1. The van der Waals surface area contributed by atoms with Crippen LogP contribution in [-0.4, -0.2) is 50.0 Å². The molecule has 0 radical (unpaired) electrons. The number of ether oxygens (including phenoxy) is 1. The maximum absolute atomic E-state index is 13.3. The lowest BCUT2D eigenvalue weighted by atomic mass is 9.98. The molecular weight excluding hydrogens is 490 g/mol. The van der Waals surface area contributed by atoms with Gasteiger partial charge in [0.1, 0.15) is 22.8 Å². The van der Waals surface area contributed by atoms with Crippen LogP contribution in [0.25, 0.3) is 22.4 Å². The summed E-state index contributed by atoms with van der Waals surface area (Å²) in [5.41, 5.74) is 1.79. The number of alkyl halides is 3. The number of hydrogen-bond acceptors (Lipinski definition) is 5. The lowest BCUT2D eigenvalue weighted by Crippen LogP contribution is -2.42. The first kappa shape index (κ1) is 24.7. The minimum absolute atomic E-state index is 0.0307. The van der Waals surface area contributed by atoms with Gasteiger partial charge in [-0.1, -0.05) is 0 Å². The first-order valence-corrected chi connectivity index (χ1v) is 11.7. The molecule has 192 valence electrons. The van der Waals surface area contributed by atoms with Gasteiger partial charge in [-0.05, 0) is 60.9 Å². The molecule has 4 heterocycles. The average molecular weight is 513 g/mol. The monoisotopic (exact) mass is 513 g/mol. The summed E-state index contributed by atoms with van der Waals surface area (Å²) in [7, 11) is 1.82. The average Bonchev–Trinajstić information content (AvgIpc) is 3.23. The summed E-state index contributed by atoms with van der Waals surface area (Å²) in [6.07, 6.45) is -0.713. The number of amides is 1. The predicted molar refractivity (Wildman–Crippen MR) is 127 cm³/mol. The molecule has 1 unspecified atom stereocenters. The third kappa shape index (κ3) is 5.11. The second kappa shape index (κ2) is 9.79. The molecule has 1 aromatic carbocycles. The van der Waals surface area contributed by atoms with Gasteiger partial charge in [-0.15, -0.1) is 0 Å². The summed E-state index contributed by atoms with van der Waals surface area (Å²) in [5.74, 6) is -1.10. The van der Waals surface area contributed by atoms with Gasteiger partial charge in [0.15, 0.2) is 11.3 Å². The molecule has 1 aliphatic heterocycles. The molecule has 1 amide bonds. The summed E-state index contributed by atoms with van der Waals surface area (Å²) in [6.45, 7) is 0.865. The molecule has 0 N–H and O–H groups in total. The molecule has 0 spiro atoms. The molecule has 7 nitrogen and oxygen atoms in total. The Labute approximate surface area is 209 Å². The first-order chi connectivity index (χ1) is 17.7. The van der Waals surface area contributed by atoms with Crippen LogP contribution in [0.15, 0.2) is 54.9 Å². The maximum atomic E-state index is 13.3. The lowest BCUT2D eigenvalue weighted by Gasteiger charge is -2.32. The van der Waals surface area contributed by atoms with E-state index in [1.54, 1.807) is 23.1 Å². The van der Waals surface area contributed by atoms with Crippen molar-refractivity contribution in [1.82, 2.24) is 24.4 Å². The molecule has 3 aromatic heterocycles. The van der Waals surface area contributed by atoms with Crippen molar-refractivity contribution >= 4 is 17.1 Å². The molecule has 1 saturated heterocycles. The van der Waals surface area contributed by atoms with Crippen molar-refractivity contribution in [3.8, 4) is 17.0 Å². The summed E-state index contributed by atoms with van der Waals surface area (Å²) in [5, 5.41) is 0. The Hall–Kier alpha value is -4.02. The van der Waals surface area contributed by atoms with Crippen LogP contribution in [0.2, 0.25) is 0 Å². The number of fused-ring (bicyclic) bond motifs is 1. The molecule has 1 aliphatic rings. The van der Waals surface area contributed by atoms with E-state index in [1.807, 2.05) is 11.6 Å². The second-order valence-corrected chi connectivity index (χ2v) is 8.98. The standard InChI is InChI=1S/C26H23F4N5O2/c1-34-21(17-6-8-18(27)9-7-17)12-19-24(34)32-13-20(33-19)25(36)35-11-3-4-16(14-35)15-37-22-5-2-10-31-23(22)26(28,29)30/h2,5-10,12-13,16H,3-4,11,14-15H2,1H3. The highest BCUT2D eigenvalue weighted by atomic mass is 19.4. The maximum Gasteiger partial charge on any atom is 0.437 e. The van der Waals surface area contributed by atoms with Crippen molar-refractivity contribution in [3.63, 3.8) is 0 Å². The smallest absolute Gasteiger partial charge is 0.437 e. The predicted octanol–water partition coefficient (Wildman–Crippen LogP) is 5.12. The minimum atomic E-state index is -4.61. The van der Waals surface area contributed by atoms with Crippen LogP contribution in [0.3, 0.4) is 0 Å². The van der Waals surface area contributed by atoms with Crippen molar-refractivity contribution in [3.05, 3.63) is 72.1 Å². The lowest BCUT2D eigenvalue weighted by molar-refractivity contribution is -0.142. The van der Waals surface area contributed by atoms with Crippen LogP contribution in [0.4, 0.5) is 17.6 Å². The molecule has 1 atom stereocenters. The van der Waals surface area contributed by atoms with E-state index < -0.39 is 11.9 Å². The fourth-order valence-electron chi connectivity index (χ4n) is 4.57. The highest BCUT2D eigenvalue weighted by molar-refractivity contribution is 5.94. The Morgan fingerprint density at radius 2 is 1.95 bits per heavy atom. The molecule has 1 fully saturated rings. The minimum Gasteiger partial charge on any atom is -0.491 e. The van der Waals surface area contributed by atoms with Gasteiger partial charge in [0.2, 0.25) is 0 Å². The largest absolute Gasteiger partial charge is 0.491 e.